The maximum absolute atomic E-state index is 12.1. The van der Waals surface area contributed by atoms with Crippen LogP contribution in [-0.4, -0.2) is 41.7 Å². The van der Waals surface area contributed by atoms with E-state index in [-0.39, 0.29) is 30.4 Å². The third kappa shape index (κ3) is 7.04. The Balaban J connectivity index is 2.44. The molecular weight excluding hydrogens is 332 g/mol. The third-order valence-corrected chi connectivity index (χ3v) is 4.23. The third-order valence-electron chi connectivity index (χ3n) is 4.23. The van der Waals surface area contributed by atoms with Crippen molar-refractivity contribution < 1.29 is 19.4 Å². The summed E-state index contributed by atoms with van der Waals surface area (Å²) in [5.74, 6) is 0.260. The van der Waals surface area contributed by atoms with Gasteiger partial charge >= 0.3 is 0 Å². The summed E-state index contributed by atoms with van der Waals surface area (Å²) >= 11 is 0. The van der Waals surface area contributed by atoms with Crippen LogP contribution in [0.1, 0.15) is 45.2 Å². The number of aliphatic hydroxyl groups excluding tert-OH is 1. The molecule has 6 nitrogen and oxygen atoms in total. The number of hydrogen-bond acceptors (Lipinski definition) is 4. The Bertz CT molecular complexity index is 596. The van der Waals surface area contributed by atoms with E-state index in [4.69, 9.17) is 4.74 Å². The predicted molar refractivity (Wildman–Crippen MR) is 102 cm³/mol. The van der Waals surface area contributed by atoms with Crippen molar-refractivity contribution in [1.29, 1.82) is 0 Å². The zero-order valence-corrected chi connectivity index (χ0v) is 16.6. The first-order valence-electron chi connectivity index (χ1n) is 9.08. The van der Waals surface area contributed by atoms with Gasteiger partial charge in [-0.25, -0.2) is 0 Å². The molecule has 3 unspecified atom stereocenters. The number of rotatable bonds is 9. The molecule has 3 N–H and O–H groups in total. The summed E-state index contributed by atoms with van der Waals surface area (Å²) < 4.78 is 5.62. The highest BCUT2D eigenvalue weighted by molar-refractivity contribution is 5.78. The summed E-state index contributed by atoms with van der Waals surface area (Å²) in [4.78, 5) is 23.8. The van der Waals surface area contributed by atoms with E-state index in [0.717, 1.165) is 11.1 Å². The summed E-state index contributed by atoms with van der Waals surface area (Å²) in [7, 11) is 0. The molecule has 0 bridgehead atoms. The van der Waals surface area contributed by atoms with Crippen molar-refractivity contribution in [3.63, 3.8) is 0 Å². The van der Waals surface area contributed by atoms with Crippen molar-refractivity contribution in [3.8, 4) is 5.75 Å². The van der Waals surface area contributed by atoms with Gasteiger partial charge in [0.05, 0.1) is 12.1 Å². The van der Waals surface area contributed by atoms with Gasteiger partial charge in [-0.05, 0) is 45.2 Å². The molecule has 26 heavy (non-hydrogen) atoms. The number of nitrogens with one attached hydrogen (secondary N) is 2. The van der Waals surface area contributed by atoms with Crippen molar-refractivity contribution in [2.45, 2.75) is 66.2 Å². The highest BCUT2D eigenvalue weighted by Crippen LogP contribution is 2.22. The number of amides is 2. The minimum Gasteiger partial charge on any atom is -0.483 e. The summed E-state index contributed by atoms with van der Waals surface area (Å²) in [5, 5.41) is 15.8. The van der Waals surface area contributed by atoms with Gasteiger partial charge in [0.25, 0.3) is 5.91 Å². The molecule has 0 radical (unpaired) electrons. The first-order chi connectivity index (χ1) is 12.1. The van der Waals surface area contributed by atoms with Crippen LogP contribution in [0.5, 0.6) is 5.75 Å². The minimum absolute atomic E-state index is 0.0524. The fourth-order valence-corrected chi connectivity index (χ4v) is 2.59. The van der Waals surface area contributed by atoms with Gasteiger partial charge < -0.3 is 20.5 Å². The topological polar surface area (TPSA) is 87.7 Å². The van der Waals surface area contributed by atoms with Crippen LogP contribution in [0.25, 0.3) is 0 Å². The molecule has 0 aliphatic rings. The average molecular weight is 364 g/mol. The number of aliphatic hydroxyl groups is 1. The number of carbonyl (C=O) groups is 2. The zero-order chi connectivity index (χ0) is 19.9. The van der Waals surface area contributed by atoms with Crippen molar-refractivity contribution in [2.24, 2.45) is 5.92 Å². The molecule has 6 heteroatoms. The molecule has 1 rings (SSSR count). The van der Waals surface area contributed by atoms with E-state index >= 15 is 0 Å². The number of benzene rings is 1. The van der Waals surface area contributed by atoms with Crippen molar-refractivity contribution in [1.82, 2.24) is 10.6 Å². The van der Waals surface area contributed by atoms with Crippen LogP contribution in [-0.2, 0) is 9.59 Å². The van der Waals surface area contributed by atoms with E-state index in [1.807, 2.05) is 52.8 Å². The smallest absolute Gasteiger partial charge is 0.258 e. The van der Waals surface area contributed by atoms with Crippen molar-refractivity contribution in [3.05, 3.63) is 29.3 Å². The van der Waals surface area contributed by atoms with Crippen LogP contribution in [0.4, 0.5) is 0 Å². The number of aryl methyl sites for hydroxylation is 2. The first-order valence-corrected chi connectivity index (χ1v) is 9.08. The van der Waals surface area contributed by atoms with E-state index < -0.39 is 12.1 Å². The summed E-state index contributed by atoms with van der Waals surface area (Å²) in [6, 6.07) is 5.18. The van der Waals surface area contributed by atoms with Gasteiger partial charge in [-0.1, -0.05) is 32.0 Å². The molecule has 0 heterocycles. The van der Waals surface area contributed by atoms with Gasteiger partial charge in [-0.2, -0.15) is 0 Å². The fourth-order valence-electron chi connectivity index (χ4n) is 2.59. The maximum atomic E-state index is 12.1. The second-order valence-corrected chi connectivity index (χ2v) is 7.23. The fraction of sp³-hybridized carbons (Fsp3) is 0.600. The maximum Gasteiger partial charge on any atom is 0.258 e. The van der Waals surface area contributed by atoms with Gasteiger partial charge in [0, 0.05) is 12.0 Å². The lowest BCUT2D eigenvalue weighted by atomic mass is 10.0. The molecule has 146 valence electrons. The lowest BCUT2D eigenvalue weighted by molar-refractivity contribution is -0.126. The van der Waals surface area contributed by atoms with Crippen LogP contribution in [0.15, 0.2) is 18.2 Å². The standard InChI is InChI=1S/C20H32N2O4/c1-12(2)20(25)21-15(5)10-17(23)16(6)22-18(24)11-26-19-13(3)8-7-9-14(19)4/h7-9,12,15-17,23H,10-11H2,1-6H3,(H,21,25)(H,22,24). The van der Waals surface area contributed by atoms with Crippen molar-refractivity contribution >= 4 is 11.8 Å². The quantitative estimate of drug-likeness (QED) is 0.626. The number of para-hydroxylation sites is 1. The lowest BCUT2D eigenvalue weighted by Crippen LogP contribution is -2.46. The monoisotopic (exact) mass is 364 g/mol. The Morgan fingerprint density at radius 2 is 1.65 bits per heavy atom. The molecule has 0 spiro atoms. The molecule has 2 amide bonds. The van der Waals surface area contributed by atoms with E-state index in [1.165, 1.54) is 0 Å². The van der Waals surface area contributed by atoms with Gasteiger partial charge in [0.15, 0.2) is 6.61 Å². The Morgan fingerprint density at radius 3 is 2.19 bits per heavy atom. The molecular formula is C20H32N2O4. The molecule has 0 aromatic heterocycles. The minimum atomic E-state index is -0.762. The van der Waals surface area contributed by atoms with E-state index in [2.05, 4.69) is 10.6 Å². The molecule has 1 aromatic rings. The molecule has 3 atom stereocenters. The van der Waals surface area contributed by atoms with Gasteiger partial charge in [0.2, 0.25) is 5.91 Å². The molecule has 1 aromatic carbocycles. The van der Waals surface area contributed by atoms with Crippen LogP contribution >= 0.6 is 0 Å². The number of carbonyl (C=O) groups excluding carboxylic acids is 2. The normalized spacial score (nSPS) is 14.5. The van der Waals surface area contributed by atoms with E-state index in [1.54, 1.807) is 6.92 Å². The SMILES string of the molecule is Cc1cccc(C)c1OCC(=O)NC(C)C(O)CC(C)NC(=O)C(C)C. The molecule has 0 saturated carbocycles. The van der Waals surface area contributed by atoms with Crippen LogP contribution in [0, 0.1) is 19.8 Å². The molecule has 0 aliphatic heterocycles. The van der Waals surface area contributed by atoms with Crippen LogP contribution < -0.4 is 15.4 Å². The number of hydrogen-bond donors (Lipinski definition) is 3. The Morgan fingerprint density at radius 1 is 1.08 bits per heavy atom. The second-order valence-electron chi connectivity index (χ2n) is 7.23. The van der Waals surface area contributed by atoms with Crippen molar-refractivity contribution in [2.75, 3.05) is 6.61 Å². The Labute approximate surface area is 156 Å². The summed E-state index contributed by atoms with van der Waals surface area (Å²) in [5.41, 5.74) is 1.95. The highest BCUT2D eigenvalue weighted by atomic mass is 16.5. The van der Waals surface area contributed by atoms with Gasteiger partial charge in [0.1, 0.15) is 5.75 Å². The molecule has 0 aliphatic carbocycles. The summed E-state index contributed by atoms with van der Waals surface area (Å²) in [6.07, 6.45) is -0.404. The highest BCUT2D eigenvalue weighted by Gasteiger charge is 2.21. The molecule has 0 fully saturated rings. The second kappa shape index (κ2) is 10.2. The largest absolute Gasteiger partial charge is 0.483 e. The number of ether oxygens (including phenoxy) is 1. The van der Waals surface area contributed by atoms with E-state index in [9.17, 15) is 14.7 Å². The lowest BCUT2D eigenvalue weighted by Gasteiger charge is -2.24. The predicted octanol–water partition coefficient (Wildman–Crippen LogP) is 2.10. The van der Waals surface area contributed by atoms with Crippen LogP contribution in [0.2, 0.25) is 0 Å². The summed E-state index contributed by atoms with van der Waals surface area (Å²) in [6.45, 7) is 11.0. The van der Waals surface area contributed by atoms with Gasteiger partial charge in [-0.15, -0.1) is 0 Å². The first kappa shape index (κ1) is 22.0. The zero-order valence-electron chi connectivity index (χ0n) is 16.6. The Hall–Kier alpha value is -2.08. The molecule has 0 saturated heterocycles. The Kier molecular flexibility index (Phi) is 8.58. The van der Waals surface area contributed by atoms with Crippen LogP contribution in [0.3, 0.4) is 0 Å². The van der Waals surface area contributed by atoms with Gasteiger partial charge in [-0.3, -0.25) is 9.59 Å². The van der Waals surface area contributed by atoms with E-state index in [0.29, 0.717) is 12.2 Å². The average Bonchev–Trinajstić information content (AvgIpc) is 2.53.